The SMILES string of the molecule is O=C(O)CCCCNC(=O)CCn1cnc([N+](=O)[O-])c1. The molecule has 1 aromatic rings. The second kappa shape index (κ2) is 7.87. The van der Waals surface area contributed by atoms with Crippen molar-refractivity contribution in [1.82, 2.24) is 14.9 Å². The summed E-state index contributed by atoms with van der Waals surface area (Å²) in [5.74, 6) is -1.28. The van der Waals surface area contributed by atoms with Crippen LogP contribution in [0.5, 0.6) is 0 Å². The molecule has 20 heavy (non-hydrogen) atoms. The molecule has 0 aliphatic rings. The van der Waals surface area contributed by atoms with E-state index >= 15 is 0 Å². The molecule has 0 aliphatic carbocycles. The van der Waals surface area contributed by atoms with Gasteiger partial charge in [0, 0.05) is 25.9 Å². The summed E-state index contributed by atoms with van der Waals surface area (Å²) in [5, 5.41) is 21.5. The largest absolute Gasteiger partial charge is 0.481 e. The standard InChI is InChI=1S/C11H16N4O5/c16-10(12-5-2-1-3-11(17)18)4-6-14-7-9(13-8-14)15(19)20/h7-8H,1-6H2,(H,12,16)(H,17,18). The molecule has 2 N–H and O–H groups in total. The van der Waals surface area contributed by atoms with E-state index in [2.05, 4.69) is 10.3 Å². The van der Waals surface area contributed by atoms with Crippen LogP contribution < -0.4 is 5.32 Å². The highest BCUT2D eigenvalue weighted by molar-refractivity contribution is 5.75. The Morgan fingerprint density at radius 3 is 2.75 bits per heavy atom. The van der Waals surface area contributed by atoms with Gasteiger partial charge in [-0.25, -0.2) is 0 Å². The number of aromatic nitrogens is 2. The zero-order chi connectivity index (χ0) is 15.0. The molecule has 1 aromatic heterocycles. The smallest absolute Gasteiger partial charge is 0.381 e. The van der Waals surface area contributed by atoms with Gasteiger partial charge >= 0.3 is 11.8 Å². The number of imidazole rings is 1. The molecule has 0 saturated carbocycles. The average molecular weight is 284 g/mol. The highest BCUT2D eigenvalue weighted by Crippen LogP contribution is 2.06. The van der Waals surface area contributed by atoms with Crippen molar-refractivity contribution >= 4 is 17.7 Å². The molecule has 0 saturated heterocycles. The molecule has 0 spiro atoms. The Kier molecular flexibility index (Phi) is 6.14. The minimum atomic E-state index is -0.849. The third-order valence-electron chi connectivity index (χ3n) is 2.54. The van der Waals surface area contributed by atoms with Crippen molar-refractivity contribution in [2.75, 3.05) is 6.54 Å². The summed E-state index contributed by atoms with van der Waals surface area (Å²) < 4.78 is 1.47. The molecule has 1 heterocycles. The molecule has 0 atom stereocenters. The van der Waals surface area contributed by atoms with Gasteiger partial charge in [0.15, 0.2) is 0 Å². The van der Waals surface area contributed by atoms with Crippen LogP contribution >= 0.6 is 0 Å². The number of aliphatic carboxylic acids is 1. The number of amides is 1. The lowest BCUT2D eigenvalue weighted by Gasteiger charge is -2.04. The van der Waals surface area contributed by atoms with Crippen LogP contribution in [0.1, 0.15) is 25.7 Å². The summed E-state index contributed by atoms with van der Waals surface area (Å²) in [6, 6.07) is 0. The molecule has 1 amide bonds. The Bertz CT molecular complexity index is 485. The number of carbonyl (C=O) groups excluding carboxylic acids is 1. The maximum Gasteiger partial charge on any atom is 0.381 e. The van der Waals surface area contributed by atoms with Gasteiger partial charge in [0.2, 0.25) is 12.2 Å². The van der Waals surface area contributed by atoms with Gasteiger partial charge in [0.1, 0.15) is 6.20 Å². The number of nitro groups is 1. The normalized spacial score (nSPS) is 10.2. The quantitative estimate of drug-likeness (QED) is 0.387. The Balaban J connectivity index is 2.16. The molecule has 1 rings (SSSR count). The first-order chi connectivity index (χ1) is 9.49. The fourth-order valence-electron chi connectivity index (χ4n) is 1.51. The van der Waals surface area contributed by atoms with E-state index < -0.39 is 10.9 Å². The molecule has 0 bridgehead atoms. The first-order valence-electron chi connectivity index (χ1n) is 6.13. The van der Waals surface area contributed by atoms with Gasteiger partial charge in [-0.2, -0.15) is 0 Å². The predicted molar refractivity (Wildman–Crippen MR) is 68.0 cm³/mol. The lowest BCUT2D eigenvalue weighted by Crippen LogP contribution is -2.25. The van der Waals surface area contributed by atoms with Crippen LogP contribution in [0.4, 0.5) is 5.82 Å². The molecule has 9 heteroatoms. The number of hydrogen-bond donors (Lipinski definition) is 2. The van der Waals surface area contributed by atoms with Gasteiger partial charge in [-0.3, -0.25) is 9.59 Å². The number of aryl methyl sites for hydroxylation is 1. The van der Waals surface area contributed by atoms with E-state index in [1.54, 1.807) is 0 Å². The van der Waals surface area contributed by atoms with Gasteiger partial charge in [-0.05, 0) is 22.7 Å². The van der Waals surface area contributed by atoms with Crippen molar-refractivity contribution in [2.24, 2.45) is 0 Å². The summed E-state index contributed by atoms with van der Waals surface area (Å²) in [5.41, 5.74) is 0. The fraction of sp³-hybridized carbons (Fsp3) is 0.545. The van der Waals surface area contributed by atoms with Crippen molar-refractivity contribution in [3.63, 3.8) is 0 Å². The van der Waals surface area contributed by atoms with Crippen LogP contribution in [0.25, 0.3) is 0 Å². The first kappa shape index (κ1) is 15.6. The van der Waals surface area contributed by atoms with E-state index in [1.807, 2.05) is 0 Å². The number of carboxylic acid groups (broad SMARTS) is 1. The second-order valence-corrected chi connectivity index (χ2v) is 4.18. The Labute approximate surface area is 114 Å². The van der Waals surface area contributed by atoms with Crippen LogP contribution in [0.3, 0.4) is 0 Å². The highest BCUT2D eigenvalue weighted by Gasteiger charge is 2.10. The number of carboxylic acids is 1. The molecular formula is C11H16N4O5. The Morgan fingerprint density at radius 1 is 1.40 bits per heavy atom. The number of rotatable bonds is 9. The minimum absolute atomic E-state index is 0.0918. The molecule has 110 valence electrons. The first-order valence-corrected chi connectivity index (χ1v) is 6.13. The maximum atomic E-state index is 11.5. The average Bonchev–Trinajstić information content (AvgIpc) is 2.84. The third kappa shape index (κ3) is 5.94. The Hall–Kier alpha value is -2.45. The molecule has 0 fully saturated rings. The van der Waals surface area contributed by atoms with Crippen molar-refractivity contribution < 1.29 is 19.6 Å². The number of nitrogens with one attached hydrogen (secondary N) is 1. The minimum Gasteiger partial charge on any atom is -0.481 e. The van der Waals surface area contributed by atoms with E-state index in [0.29, 0.717) is 25.9 Å². The zero-order valence-electron chi connectivity index (χ0n) is 10.8. The van der Waals surface area contributed by atoms with E-state index in [-0.39, 0.29) is 24.6 Å². The molecule has 0 aliphatic heterocycles. The summed E-state index contributed by atoms with van der Waals surface area (Å²) in [6.07, 6.45) is 3.97. The van der Waals surface area contributed by atoms with E-state index in [0.717, 1.165) is 0 Å². The Morgan fingerprint density at radius 2 is 2.15 bits per heavy atom. The van der Waals surface area contributed by atoms with E-state index in [9.17, 15) is 19.7 Å². The summed E-state index contributed by atoms with van der Waals surface area (Å²) >= 11 is 0. The molecule has 0 unspecified atom stereocenters. The van der Waals surface area contributed by atoms with Gasteiger partial charge in [0.05, 0.1) is 0 Å². The topological polar surface area (TPSA) is 127 Å². The third-order valence-corrected chi connectivity index (χ3v) is 2.54. The maximum absolute atomic E-state index is 11.5. The van der Waals surface area contributed by atoms with Gasteiger partial charge in [-0.1, -0.05) is 0 Å². The summed E-state index contributed by atoms with van der Waals surface area (Å²) in [4.78, 5) is 35.1. The van der Waals surface area contributed by atoms with E-state index in [4.69, 9.17) is 5.11 Å². The van der Waals surface area contributed by atoms with Crippen molar-refractivity contribution in [3.05, 3.63) is 22.6 Å². The molecule has 0 radical (unpaired) electrons. The van der Waals surface area contributed by atoms with Gasteiger partial charge in [-0.15, -0.1) is 0 Å². The van der Waals surface area contributed by atoms with Gasteiger partial charge < -0.3 is 25.1 Å². The highest BCUT2D eigenvalue weighted by atomic mass is 16.6. The predicted octanol–water partition coefficient (Wildman–Crippen LogP) is 0.552. The number of hydrogen-bond acceptors (Lipinski definition) is 5. The van der Waals surface area contributed by atoms with Crippen LogP contribution in [0.2, 0.25) is 0 Å². The second-order valence-electron chi connectivity index (χ2n) is 4.18. The summed E-state index contributed by atoms with van der Waals surface area (Å²) in [7, 11) is 0. The summed E-state index contributed by atoms with van der Waals surface area (Å²) in [6.45, 7) is 0.734. The number of unbranched alkanes of at least 4 members (excludes halogenated alkanes) is 1. The lowest BCUT2D eigenvalue weighted by atomic mass is 10.2. The molecule has 9 nitrogen and oxygen atoms in total. The zero-order valence-corrected chi connectivity index (χ0v) is 10.8. The fourth-order valence-corrected chi connectivity index (χ4v) is 1.51. The monoisotopic (exact) mass is 284 g/mol. The number of nitrogens with zero attached hydrogens (tertiary/aromatic N) is 3. The lowest BCUT2D eigenvalue weighted by molar-refractivity contribution is -0.389. The van der Waals surface area contributed by atoms with Gasteiger partial charge in [0.25, 0.3) is 0 Å². The van der Waals surface area contributed by atoms with E-state index in [1.165, 1.54) is 17.1 Å². The molecule has 0 aromatic carbocycles. The van der Waals surface area contributed by atoms with Crippen molar-refractivity contribution in [3.8, 4) is 0 Å². The van der Waals surface area contributed by atoms with Crippen LogP contribution in [-0.2, 0) is 16.1 Å². The molecular weight excluding hydrogens is 268 g/mol. The van der Waals surface area contributed by atoms with Crippen molar-refractivity contribution in [1.29, 1.82) is 0 Å². The van der Waals surface area contributed by atoms with Crippen LogP contribution in [0, 0.1) is 10.1 Å². The number of carbonyl (C=O) groups is 2. The van der Waals surface area contributed by atoms with Crippen molar-refractivity contribution in [2.45, 2.75) is 32.2 Å². The van der Waals surface area contributed by atoms with Crippen LogP contribution in [0.15, 0.2) is 12.5 Å². The van der Waals surface area contributed by atoms with Crippen LogP contribution in [-0.4, -0.2) is 38.0 Å².